The van der Waals surface area contributed by atoms with Crippen LogP contribution in [0, 0.1) is 0 Å². The number of hydrogen-bond donors (Lipinski definition) is 6. The highest BCUT2D eigenvalue weighted by molar-refractivity contribution is 7.47. The van der Waals surface area contributed by atoms with Gasteiger partial charge in [-0.15, -0.1) is 0 Å². The standard InChI is InChI=1S/C57H99O13P/c1-3-5-7-9-11-13-15-17-19-21-23-24-25-26-28-29-31-33-35-37-39-41-43-45-50(58)67-47-49(48-68-71(65,66)70-57-55(63)53(61)52(60)54(62)56(57)64)69-51(59)46-44-42-40-38-36-34-32-30-27-22-20-18-16-14-12-10-8-6-4-2/h6,8,12,14,18,20,27,30,34,36,40,42,49,52-57,60-64H,3-5,7,9-11,13,15-17,19,21-26,28-29,31-33,35,37-39,41,43-48H2,1-2H3,(H,65,66)/b8-6-,14-12-,20-18-,30-27-,36-34-,42-40-. The van der Waals surface area contributed by atoms with Crippen LogP contribution >= 0.6 is 7.82 Å². The highest BCUT2D eigenvalue weighted by Gasteiger charge is 2.51. The third-order valence-electron chi connectivity index (χ3n) is 12.6. The maximum absolute atomic E-state index is 12.9. The molecule has 0 aromatic heterocycles. The van der Waals surface area contributed by atoms with Crippen LogP contribution in [0.5, 0.6) is 0 Å². The summed E-state index contributed by atoms with van der Waals surface area (Å²) in [5, 5.41) is 50.3. The zero-order valence-electron chi connectivity index (χ0n) is 44.0. The normalized spacial score (nSPS) is 21.2. The van der Waals surface area contributed by atoms with E-state index >= 15 is 0 Å². The van der Waals surface area contributed by atoms with Crippen LogP contribution in [0.25, 0.3) is 0 Å². The van der Waals surface area contributed by atoms with E-state index in [1.54, 1.807) is 0 Å². The van der Waals surface area contributed by atoms with Gasteiger partial charge < -0.3 is 39.9 Å². The van der Waals surface area contributed by atoms with Crippen molar-refractivity contribution in [2.45, 2.75) is 262 Å². The van der Waals surface area contributed by atoms with Gasteiger partial charge in [0, 0.05) is 12.8 Å². The lowest BCUT2D eigenvalue weighted by Crippen LogP contribution is -2.64. The Bertz CT molecular complexity index is 1510. The van der Waals surface area contributed by atoms with Crippen molar-refractivity contribution in [3.63, 3.8) is 0 Å². The Morgan fingerprint density at radius 2 is 0.803 bits per heavy atom. The lowest BCUT2D eigenvalue weighted by atomic mass is 9.85. The number of esters is 2. The first kappa shape index (κ1) is 66.3. The lowest BCUT2D eigenvalue weighted by molar-refractivity contribution is -0.220. The van der Waals surface area contributed by atoms with Gasteiger partial charge in [0.1, 0.15) is 43.2 Å². The summed E-state index contributed by atoms with van der Waals surface area (Å²) >= 11 is 0. The van der Waals surface area contributed by atoms with Crippen LogP contribution in [0.2, 0.25) is 0 Å². The van der Waals surface area contributed by atoms with Gasteiger partial charge in [0.2, 0.25) is 0 Å². The zero-order chi connectivity index (χ0) is 52.1. The largest absolute Gasteiger partial charge is 0.472 e. The van der Waals surface area contributed by atoms with Gasteiger partial charge in [0.05, 0.1) is 6.61 Å². The number of allylic oxidation sites excluding steroid dienone is 12. The lowest BCUT2D eigenvalue weighted by Gasteiger charge is -2.41. The Kier molecular flexibility index (Phi) is 42.8. The molecule has 6 N–H and O–H groups in total. The zero-order valence-corrected chi connectivity index (χ0v) is 44.9. The molecule has 6 unspecified atom stereocenters. The van der Waals surface area contributed by atoms with Crippen molar-refractivity contribution >= 4 is 19.8 Å². The van der Waals surface area contributed by atoms with E-state index in [1.165, 1.54) is 122 Å². The molecule has 0 heterocycles. The molecule has 71 heavy (non-hydrogen) atoms. The predicted molar refractivity (Wildman–Crippen MR) is 285 cm³/mol. The second-order valence-corrected chi connectivity index (χ2v) is 20.5. The van der Waals surface area contributed by atoms with Crippen molar-refractivity contribution in [3.05, 3.63) is 72.9 Å². The van der Waals surface area contributed by atoms with Crippen molar-refractivity contribution in [2.24, 2.45) is 0 Å². The summed E-state index contributed by atoms with van der Waals surface area (Å²) in [5.41, 5.74) is 0. The molecular formula is C57H99O13P. The summed E-state index contributed by atoms with van der Waals surface area (Å²) in [6.45, 7) is 3.16. The van der Waals surface area contributed by atoms with Crippen molar-refractivity contribution in [2.75, 3.05) is 13.2 Å². The van der Waals surface area contributed by atoms with Crippen LogP contribution in [-0.2, 0) is 32.7 Å². The van der Waals surface area contributed by atoms with Crippen LogP contribution in [0.1, 0.15) is 219 Å². The van der Waals surface area contributed by atoms with Gasteiger partial charge in [0.25, 0.3) is 0 Å². The third-order valence-corrected chi connectivity index (χ3v) is 13.6. The van der Waals surface area contributed by atoms with Gasteiger partial charge in [-0.2, -0.15) is 0 Å². The van der Waals surface area contributed by atoms with E-state index in [-0.39, 0.29) is 12.8 Å². The highest BCUT2D eigenvalue weighted by atomic mass is 31.2. The van der Waals surface area contributed by atoms with Gasteiger partial charge in [-0.1, -0.05) is 228 Å². The van der Waals surface area contributed by atoms with E-state index in [4.69, 9.17) is 18.5 Å². The van der Waals surface area contributed by atoms with Crippen LogP contribution in [-0.4, -0.2) is 98.3 Å². The molecular weight excluding hydrogens is 924 g/mol. The second-order valence-electron chi connectivity index (χ2n) is 19.1. The average molecular weight is 1020 g/mol. The Morgan fingerprint density at radius 1 is 0.451 bits per heavy atom. The molecule has 0 saturated heterocycles. The first-order valence-electron chi connectivity index (χ1n) is 27.7. The molecule has 0 aromatic carbocycles. The minimum absolute atomic E-state index is 0.0298. The molecule has 0 aliphatic heterocycles. The van der Waals surface area contributed by atoms with Crippen LogP contribution < -0.4 is 0 Å². The van der Waals surface area contributed by atoms with Gasteiger partial charge in [-0.3, -0.25) is 18.6 Å². The van der Waals surface area contributed by atoms with E-state index < -0.39 is 75.7 Å². The summed E-state index contributed by atoms with van der Waals surface area (Å²) in [6.07, 6.45) is 46.8. The number of ether oxygens (including phenoxy) is 2. The fourth-order valence-electron chi connectivity index (χ4n) is 8.20. The van der Waals surface area contributed by atoms with Crippen molar-refractivity contribution in [1.29, 1.82) is 0 Å². The molecule has 0 bridgehead atoms. The molecule has 0 amide bonds. The van der Waals surface area contributed by atoms with Crippen LogP contribution in [0.4, 0.5) is 0 Å². The predicted octanol–water partition coefficient (Wildman–Crippen LogP) is 12.6. The molecule has 14 heteroatoms. The first-order valence-corrected chi connectivity index (χ1v) is 29.2. The fraction of sp³-hybridized carbons (Fsp3) is 0.754. The van der Waals surface area contributed by atoms with Crippen LogP contribution in [0.15, 0.2) is 72.9 Å². The molecule has 1 aliphatic rings. The number of unbranched alkanes of at least 4 members (excludes halogenated alkanes) is 22. The quantitative estimate of drug-likeness (QED) is 0.0145. The molecule has 1 rings (SSSR count). The molecule has 6 atom stereocenters. The van der Waals surface area contributed by atoms with E-state index in [9.17, 15) is 44.6 Å². The van der Waals surface area contributed by atoms with Crippen molar-refractivity contribution in [3.8, 4) is 0 Å². The Labute approximate surface area is 429 Å². The monoisotopic (exact) mass is 1020 g/mol. The molecule has 1 saturated carbocycles. The molecule has 13 nitrogen and oxygen atoms in total. The summed E-state index contributed by atoms with van der Waals surface area (Å²) in [5.74, 6) is -1.19. The fourth-order valence-corrected chi connectivity index (χ4v) is 9.17. The first-order chi connectivity index (χ1) is 34.4. The van der Waals surface area contributed by atoms with E-state index in [0.29, 0.717) is 19.3 Å². The van der Waals surface area contributed by atoms with Crippen molar-refractivity contribution in [1.82, 2.24) is 0 Å². The molecule has 0 radical (unpaired) electrons. The number of phosphoric ester groups is 1. The smallest absolute Gasteiger partial charge is 0.462 e. The summed E-state index contributed by atoms with van der Waals surface area (Å²) < 4.78 is 33.6. The van der Waals surface area contributed by atoms with Crippen LogP contribution in [0.3, 0.4) is 0 Å². The summed E-state index contributed by atoms with van der Waals surface area (Å²) in [6, 6.07) is 0. The maximum Gasteiger partial charge on any atom is 0.472 e. The Balaban J connectivity index is 2.39. The molecule has 0 aromatic rings. The minimum Gasteiger partial charge on any atom is -0.462 e. The number of phosphoric acid groups is 1. The van der Waals surface area contributed by atoms with Crippen molar-refractivity contribution < 1.29 is 63.1 Å². The Morgan fingerprint density at radius 3 is 1.20 bits per heavy atom. The van der Waals surface area contributed by atoms with E-state index in [1.807, 2.05) is 18.2 Å². The number of hydrogen-bond acceptors (Lipinski definition) is 12. The van der Waals surface area contributed by atoms with Gasteiger partial charge in [-0.05, 0) is 51.4 Å². The van der Waals surface area contributed by atoms with E-state index in [2.05, 4.69) is 68.5 Å². The average Bonchev–Trinajstić information content (AvgIpc) is 3.35. The number of aliphatic hydroxyl groups excluding tert-OH is 5. The third kappa shape index (κ3) is 37.6. The van der Waals surface area contributed by atoms with Gasteiger partial charge in [0.15, 0.2) is 6.10 Å². The topological polar surface area (TPSA) is 210 Å². The van der Waals surface area contributed by atoms with E-state index in [0.717, 1.165) is 51.4 Å². The maximum atomic E-state index is 12.9. The molecule has 0 spiro atoms. The number of aliphatic hydroxyl groups is 5. The Hall–Kier alpha value is -2.71. The molecule has 1 fully saturated rings. The SMILES string of the molecule is CC/C=C\C/C=C\C/C=C\C/C=C\C/C=C\C/C=C\CCC(=O)OC(COC(=O)CCCCCCCCCCCCCCCCCCCCCCCCC)COP(=O)(O)OC1C(O)C(O)C(O)C(O)C1O. The summed E-state index contributed by atoms with van der Waals surface area (Å²) in [7, 11) is -5.15. The summed E-state index contributed by atoms with van der Waals surface area (Å²) in [4.78, 5) is 35.9. The highest BCUT2D eigenvalue weighted by Crippen LogP contribution is 2.47. The second kappa shape index (κ2) is 45.9. The minimum atomic E-state index is -5.15. The number of carbonyl (C=O) groups is 2. The molecule has 1 aliphatic carbocycles. The number of carbonyl (C=O) groups excluding carboxylic acids is 2. The molecule has 410 valence electrons. The van der Waals surface area contributed by atoms with Gasteiger partial charge >= 0.3 is 19.8 Å². The van der Waals surface area contributed by atoms with Gasteiger partial charge in [-0.25, -0.2) is 4.57 Å². The number of rotatable bonds is 46.